The van der Waals surface area contributed by atoms with Gasteiger partial charge in [-0.05, 0) is 30.2 Å². The smallest absolute Gasteiger partial charge is 0.261 e. The first kappa shape index (κ1) is 16.7. The minimum Gasteiger partial charge on any atom is -0.269 e. The molecule has 0 saturated heterocycles. The number of amides is 2. The van der Waals surface area contributed by atoms with E-state index in [2.05, 4.69) is 0 Å². The van der Waals surface area contributed by atoms with Crippen LogP contribution in [-0.2, 0) is 0 Å². The summed E-state index contributed by atoms with van der Waals surface area (Å²) >= 11 is 1.04. The van der Waals surface area contributed by atoms with Crippen LogP contribution in [-0.4, -0.2) is 28.3 Å². The van der Waals surface area contributed by atoms with Crippen LogP contribution in [0.3, 0.4) is 0 Å². The SMILES string of the molecule is CC(C)[C@@H](C(F)Sc1ccccc1)N1C(=O)c2ccccc2C1=O. The molecule has 2 aromatic carbocycles. The molecule has 0 N–H and O–H groups in total. The van der Waals surface area contributed by atoms with E-state index in [1.165, 1.54) is 0 Å². The number of carbonyl (C=O) groups is 2. The van der Waals surface area contributed by atoms with Crippen molar-refractivity contribution in [2.45, 2.75) is 30.3 Å². The lowest BCUT2D eigenvalue weighted by Gasteiger charge is -2.31. The fourth-order valence-electron chi connectivity index (χ4n) is 2.90. The molecule has 3 nitrogen and oxygen atoms in total. The number of imide groups is 1. The summed E-state index contributed by atoms with van der Waals surface area (Å²) in [7, 11) is 0. The summed E-state index contributed by atoms with van der Waals surface area (Å²) in [6.07, 6.45) is 0. The zero-order chi connectivity index (χ0) is 17.3. The van der Waals surface area contributed by atoms with Crippen molar-refractivity contribution in [1.29, 1.82) is 0 Å². The molecule has 0 spiro atoms. The first-order valence-corrected chi connectivity index (χ1v) is 8.71. The molecule has 3 rings (SSSR count). The van der Waals surface area contributed by atoms with Gasteiger partial charge in [-0.15, -0.1) is 0 Å². The summed E-state index contributed by atoms with van der Waals surface area (Å²) in [6.45, 7) is 3.65. The lowest BCUT2D eigenvalue weighted by molar-refractivity contribution is 0.0487. The molecule has 24 heavy (non-hydrogen) atoms. The number of hydrogen-bond acceptors (Lipinski definition) is 3. The zero-order valence-corrected chi connectivity index (χ0v) is 14.3. The molecule has 5 heteroatoms. The van der Waals surface area contributed by atoms with Crippen LogP contribution in [0.25, 0.3) is 0 Å². The van der Waals surface area contributed by atoms with E-state index in [0.29, 0.717) is 11.1 Å². The van der Waals surface area contributed by atoms with Gasteiger partial charge in [-0.1, -0.05) is 55.9 Å². The molecular weight excluding hydrogens is 325 g/mol. The van der Waals surface area contributed by atoms with E-state index < -0.39 is 23.4 Å². The van der Waals surface area contributed by atoms with Gasteiger partial charge in [0.25, 0.3) is 11.8 Å². The van der Waals surface area contributed by atoms with Crippen LogP contribution in [0.5, 0.6) is 0 Å². The van der Waals surface area contributed by atoms with Crippen LogP contribution in [0.1, 0.15) is 34.6 Å². The summed E-state index contributed by atoms with van der Waals surface area (Å²) in [5.41, 5.74) is -0.690. The predicted molar refractivity (Wildman–Crippen MR) is 92.8 cm³/mol. The third-order valence-corrected chi connectivity index (χ3v) is 5.12. The fourth-order valence-corrected chi connectivity index (χ4v) is 4.05. The Kier molecular flexibility index (Phi) is 4.71. The van der Waals surface area contributed by atoms with Crippen molar-refractivity contribution in [2.75, 3.05) is 0 Å². The van der Waals surface area contributed by atoms with E-state index in [1.54, 1.807) is 24.3 Å². The molecule has 0 aromatic heterocycles. The summed E-state index contributed by atoms with van der Waals surface area (Å²) < 4.78 is 15.0. The van der Waals surface area contributed by atoms with E-state index in [1.807, 2.05) is 44.2 Å². The molecule has 2 amide bonds. The molecule has 1 unspecified atom stereocenters. The monoisotopic (exact) mass is 343 g/mol. The van der Waals surface area contributed by atoms with Gasteiger partial charge in [-0.3, -0.25) is 14.5 Å². The maximum atomic E-state index is 15.0. The first-order chi connectivity index (χ1) is 11.5. The second kappa shape index (κ2) is 6.77. The van der Waals surface area contributed by atoms with Crippen LogP contribution in [0, 0.1) is 5.92 Å². The normalized spacial score (nSPS) is 16.4. The number of hydrogen-bond donors (Lipinski definition) is 0. The molecule has 0 saturated carbocycles. The highest BCUT2D eigenvalue weighted by molar-refractivity contribution is 7.99. The number of carbonyl (C=O) groups excluding carboxylic acids is 2. The van der Waals surface area contributed by atoms with Crippen molar-refractivity contribution >= 4 is 23.6 Å². The Balaban J connectivity index is 1.89. The topological polar surface area (TPSA) is 37.4 Å². The van der Waals surface area contributed by atoms with Crippen LogP contribution >= 0.6 is 11.8 Å². The number of halogens is 1. The molecule has 0 radical (unpaired) electrons. The number of rotatable bonds is 5. The Bertz CT molecular complexity index is 728. The third kappa shape index (κ3) is 2.96. The summed E-state index contributed by atoms with van der Waals surface area (Å²) in [5.74, 6) is -1.02. The van der Waals surface area contributed by atoms with Gasteiger partial charge in [0.1, 0.15) is 0 Å². The zero-order valence-electron chi connectivity index (χ0n) is 13.5. The summed E-state index contributed by atoms with van der Waals surface area (Å²) in [4.78, 5) is 27.1. The Hall–Kier alpha value is -2.14. The highest BCUT2D eigenvalue weighted by Crippen LogP contribution is 2.35. The van der Waals surface area contributed by atoms with Crippen molar-refractivity contribution < 1.29 is 14.0 Å². The van der Waals surface area contributed by atoms with Crippen molar-refractivity contribution in [1.82, 2.24) is 4.90 Å². The number of benzene rings is 2. The van der Waals surface area contributed by atoms with E-state index in [9.17, 15) is 9.59 Å². The molecular formula is C19H18FNO2S. The van der Waals surface area contributed by atoms with Crippen LogP contribution in [0.2, 0.25) is 0 Å². The quantitative estimate of drug-likeness (QED) is 0.597. The van der Waals surface area contributed by atoms with Gasteiger partial charge in [-0.2, -0.15) is 0 Å². The van der Waals surface area contributed by atoms with Crippen molar-refractivity contribution in [2.24, 2.45) is 5.92 Å². The molecule has 124 valence electrons. The average molecular weight is 343 g/mol. The van der Waals surface area contributed by atoms with E-state index in [0.717, 1.165) is 21.6 Å². The maximum Gasteiger partial charge on any atom is 0.261 e. The van der Waals surface area contributed by atoms with E-state index >= 15 is 4.39 Å². The highest BCUT2D eigenvalue weighted by Gasteiger charge is 2.44. The second-order valence-electron chi connectivity index (χ2n) is 6.04. The molecule has 0 bridgehead atoms. The van der Waals surface area contributed by atoms with Gasteiger partial charge in [-0.25, -0.2) is 4.39 Å². The van der Waals surface area contributed by atoms with Gasteiger partial charge in [0.15, 0.2) is 5.50 Å². The summed E-state index contributed by atoms with van der Waals surface area (Å²) in [6, 6.07) is 15.0. The molecule has 0 aliphatic carbocycles. The minimum atomic E-state index is -1.39. The Labute approximate surface area is 144 Å². The number of fused-ring (bicyclic) bond motifs is 1. The molecule has 1 aliphatic heterocycles. The summed E-state index contributed by atoms with van der Waals surface area (Å²) in [5, 5.41) is 0. The van der Waals surface area contributed by atoms with Gasteiger partial charge >= 0.3 is 0 Å². The molecule has 2 aromatic rings. The van der Waals surface area contributed by atoms with Gasteiger partial charge in [0.2, 0.25) is 0 Å². The Morgan fingerprint density at radius 1 is 0.875 bits per heavy atom. The third-order valence-electron chi connectivity index (χ3n) is 4.07. The molecule has 1 heterocycles. The highest BCUT2D eigenvalue weighted by atomic mass is 32.2. The lowest BCUT2D eigenvalue weighted by Crippen LogP contribution is -2.47. The van der Waals surface area contributed by atoms with Crippen LogP contribution in [0.15, 0.2) is 59.5 Å². The van der Waals surface area contributed by atoms with Gasteiger partial charge in [0.05, 0.1) is 17.2 Å². The average Bonchev–Trinajstić information content (AvgIpc) is 2.81. The number of alkyl halides is 1. The first-order valence-electron chi connectivity index (χ1n) is 7.83. The lowest BCUT2D eigenvalue weighted by atomic mass is 10.0. The molecule has 1 aliphatic rings. The standard InChI is InChI=1S/C19H18FNO2S/c1-12(2)16(17(20)24-13-8-4-3-5-9-13)21-18(22)14-10-6-7-11-15(14)19(21)23/h3-12,16-17H,1-2H3/t16-,17?/m0/s1. The largest absolute Gasteiger partial charge is 0.269 e. The van der Waals surface area contributed by atoms with Crippen molar-refractivity contribution in [3.63, 3.8) is 0 Å². The van der Waals surface area contributed by atoms with E-state index in [4.69, 9.17) is 0 Å². The van der Waals surface area contributed by atoms with Crippen molar-refractivity contribution in [3.05, 3.63) is 65.7 Å². The number of thioether (sulfide) groups is 1. The molecule has 0 fully saturated rings. The van der Waals surface area contributed by atoms with E-state index in [-0.39, 0.29) is 5.92 Å². The van der Waals surface area contributed by atoms with Gasteiger partial charge < -0.3 is 0 Å². The predicted octanol–water partition coefficient (Wildman–Crippen LogP) is 4.40. The Morgan fingerprint density at radius 3 is 1.88 bits per heavy atom. The fraction of sp³-hybridized carbons (Fsp3) is 0.263. The van der Waals surface area contributed by atoms with Crippen LogP contribution < -0.4 is 0 Å². The molecule has 2 atom stereocenters. The minimum absolute atomic E-state index is 0.196. The van der Waals surface area contributed by atoms with Crippen molar-refractivity contribution in [3.8, 4) is 0 Å². The van der Waals surface area contributed by atoms with Gasteiger partial charge in [0, 0.05) is 4.90 Å². The van der Waals surface area contributed by atoms with Crippen LogP contribution in [0.4, 0.5) is 4.39 Å². The second-order valence-corrected chi connectivity index (χ2v) is 7.20. The Morgan fingerprint density at radius 2 is 1.38 bits per heavy atom. The maximum absolute atomic E-state index is 15.0. The number of nitrogens with zero attached hydrogens (tertiary/aromatic N) is 1.